The van der Waals surface area contributed by atoms with Gasteiger partial charge in [-0.1, -0.05) is 60.2 Å². The molecule has 1 heterocycles. The minimum atomic E-state index is -0.229. The number of fused-ring (bicyclic) bond motifs is 1. The van der Waals surface area contributed by atoms with Crippen LogP contribution >= 0.6 is 0 Å². The molecule has 0 aliphatic carbocycles. The lowest BCUT2D eigenvalue weighted by molar-refractivity contribution is 0.0941. The summed E-state index contributed by atoms with van der Waals surface area (Å²) in [6.45, 7) is 3.07. The lowest BCUT2D eigenvalue weighted by Crippen LogP contribution is -2.29. The lowest BCUT2D eigenvalue weighted by Gasteiger charge is -2.22. The monoisotopic (exact) mass is 359 g/mol. The van der Waals surface area contributed by atoms with Crippen LogP contribution in [-0.4, -0.2) is 19.1 Å². The van der Waals surface area contributed by atoms with Gasteiger partial charge in [0.1, 0.15) is 13.2 Å². The average molecular weight is 359 g/mol. The first-order valence-corrected chi connectivity index (χ1v) is 9.03. The standard InChI is InChI=1S/C23H21NO3/c1-16-7-9-18(10-8-16)22(17-5-3-2-4-6-17)24-23(25)19-11-12-20-21(15-19)27-14-13-26-20/h2-12,15,22H,13-14H2,1H3,(H,24,25)/t22-/m1/s1. The maximum atomic E-state index is 12.9. The van der Waals surface area contributed by atoms with Crippen LogP contribution in [0.25, 0.3) is 0 Å². The molecule has 3 aromatic carbocycles. The summed E-state index contributed by atoms with van der Waals surface area (Å²) >= 11 is 0. The van der Waals surface area contributed by atoms with Gasteiger partial charge in [-0.2, -0.15) is 0 Å². The molecular weight excluding hydrogens is 338 g/mol. The highest BCUT2D eigenvalue weighted by molar-refractivity contribution is 5.95. The van der Waals surface area contributed by atoms with E-state index in [0.29, 0.717) is 30.3 Å². The van der Waals surface area contributed by atoms with E-state index in [-0.39, 0.29) is 11.9 Å². The zero-order valence-electron chi connectivity index (χ0n) is 15.1. The van der Waals surface area contributed by atoms with Gasteiger partial charge in [0.2, 0.25) is 0 Å². The maximum Gasteiger partial charge on any atom is 0.252 e. The first-order chi connectivity index (χ1) is 13.2. The highest BCUT2D eigenvalue weighted by Gasteiger charge is 2.20. The Kier molecular flexibility index (Phi) is 4.79. The minimum Gasteiger partial charge on any atom is -0.486 e. The van der Waals surface area contributed by atoms with Crippen LogP contribution in [0.2, 0.25) is 0 Å². The van der Waals surface area contributed by atoms with Crippen molar-refractivity contribution in [2.75, 3.05) is 13.2 Å². The van der Waals surface area contributed by atoms with Crippen LogP contribution in [0.15, 0.2) is 72.8 Å². The molecule has 0 unspecified atom stereocenters. The van der Waals surface area contributed by atoms with Crippen molar-refractivity contribution in [2.24, 2.45) is 0 Å². The Bertz CT molecular complexity index is 936. The van der Waals surface area contributed by atoms with Crippen molar-refractivity contribution < 1.29 is 14.3 Å². The van der Waals surface area contributed by atoms with E-state index < -0.39 is 0 Å². The minimum absolute atomic E-state index is 0.151. The van der Waals surface area contributed by atoms with Gasteiger partial charge in [-0.25, -0.2) is 0 Å². The number of hydrogen-bond donors (Lipinski definition) is 1. The fourth-order valence-corrected chi connectivity index (χ4v) is 3.16. The van der Waals surface area contributed by atoms with Gasteiger partial charge in [0.05, 0.1) is 6.04 Å². The number of carbonyl (C=O) groups is 1. The first-order valence-electron chi connectivity index (χ1n) is 9.03. The van der Waals surface area contributed by atoms with Crippen molar-refractivity contribution in [1.82, 2.24) is 5.32 Å². The summed E-state index contributed by atoms with van der Waals surface area (Å²) in [5.41, 5.74) is 3.81. The molecule has 0 saturated heterocycles. The van der Waals surface area contributed by atoms with E-state index in [4.69, 9.17) is 9.47 Å². The summed E-state index contributed by atoms with van der Waals surface area (Å²) in [4.78, 5) is 12.9. The first kappa shape index (κ1) is 17.2. The van der Waals surface area contributed by atoms with Gasteiger partial charge >= 0.3 is 0 Å². The number of hydrogen-bond acceptors (Lipinski definition) is 3. The normalized spacial score (nSPS) is 13.7. The molecule has 4 rings (SSSR count). The molecule has 4 nitrogen and oxygen atoms in total. The van der Waals surface area contributed by atoms with Gasteiger partial charge in [0, 0.05) is 5.56 Å². The van der Waals surface area contributed by atoms with Gasteiger partial charge in [0.25, 0.3) is 5.91 Å². The molecular formula is C23H21NO3. The second-order valence-corrected chi connectivity index (χ2v) is 6.59. The van der Waals surface area contributed by atoms with E-state index in [0.717, 1.165) is 11.1 Å². The highest BCUT2D eigenvalue weighted by Crippen LogP contribution is 2.31. The molecule has 1 aliphatic rings. The average Bonchev–Trinajstić information content (AvgIpc) is 2.73. The van der Waals surface area contributed by atoms with Gasteiger partial charge < -0.3 is 14.8 Å². The molecule has 0 aromatic heterocycles. The summed E-state index contributed by atoms with van der Waals surface area (Å²) < 4.78 is 11.1. The molecule has 136 valence electrons. The van der Waals surface area contributed by atoms with Crippen molar-refractivity contribution in [1.29, 1.82) is 0 Å². The van der Waals surface area contributed by atoms with E-state index in [1.807, 2.05) is 30.3 Å². The number of carbonyl (C=O) groups excluding carboxylic acids is 1. The van der Waals surface area contributed by atoms with Gasteiger partial charge in [-0.15, -0.1) is 0 Å². The van der Waals surface area contributed by atoms with Crippen LogP contribution in [-0.2, 0) is 0 Å². The zero-order valence-corrected chi connectivity index (χ0v) is 15.1. The van der Waals surface area contributed by atoms with Crippen molar-refractivity contribution in [3.05, 3.63) is 95.1 Å². The lowest BCUT2D eigenvalue weighted by atomic mass is 9.97. The highest BCUT2D eigenvalue weighted by atomic mass is 16.6. The van der Waals surface area contributed by atoms with Gasteiger partial charge in [-0.05, 0) is 36.2 Å². The Labute approximate surface area is 158 Å². The van der Waals surface area contributed by atoms with Gasteiger partial charge in [-0.3, -0.25) is 4.79 Å². The van der Waals surface area contributed by atoms with Crippen molar-refractivity contribution in [2.45, 2.75) is 13.0 Å². The number of amides is 1. The second-order valence-electron chi connectivity index (χ2n) is 6.59. The van der Waals surface area contributed by atoms with Crippen molar-refractivity contribution in [3.63, 3.8) is 0 Å². The SMILES string of the molecule is Cc1ccc([C@H](NC(=O)c2ccc3c(c2)OCCO3)c2ccccc2)cc1. The third-order valence-corrected chi connectivity index (χ3v) is 4.62. The molecule has 1 amide bonds. The Morgan fingerprint density at radius 1 is 0.852 bits per heavy atom. The molecule has 27 heavy (non-hydrogen) atoms. The molecule has 3 aromatic rings. The summed E-state index contributed by atoms with van der Waals surface area (Å²) in [6, 6.07) is 23.2. The molecule has 0 fully saturated rings. The fourth-order valence-electron chi connectivity index (χ4n) is 3.16. The summed E-state index contributed by atoms with van der Waals surface area (Å²) in [7, 11) is 0. The van der Waals surface area contributed by atoms with Crippen LogP contribution in [0.4, 0.5) is 0 Å². The Balaban J connectivity index is 1.63. The molecule has 4 heteroatoms. The largest absolute Gasteiger partial charge is 0.486 e. The maximum absolute atomic E-state index is 12.9. The van der Waals surface area contributed by atoms with Crippen LogP contribution in [0.3, 0.4) is 0 Å². The van der Waals surface area contributed by atoms with Crippen molar-refractivity contribution >= 4 is 5.91 Å². The third-order valence-electron chi connectivity index (χ3n) is 4.62. The molecule has 0 bridgehead atoms. The Morgan fingerprint density at radius 3 is 2.26 bits per heavy atom. The Morgan fingerprint density at radius 2 is 1.52 bits per heavy atom. The van der Waals surface area contributed by atoms with Crippen molar-refractivity contribution in [3.8, 4) is 11.5 Å². The number of rotatable bonds is 4. The molecule has 1 N–H and O–H groups in total. The number of aryl methyl sites for hydroxylation is 1. The predicted molar refractivity (Wildman–Crippen MR) is 104 cm³/mol. The third kappa shape index (κ3) is 3.80. The smallest absolute Gasteiger partial charge is 0.252 e. The van der Waals surface area contributed by atoms with E-state index in [9.17, 15) is 4.79 Å². The number of benzene rings is 3. The van der Waals surface area contributed by atoms with Crippen LogP contribution in [0, 0.1) is 6.92 Å². The topological polar surface area (TPSA) is 47.6 Å². The summed E-state index contributed by atoms with van der Waals surface area (Å²) in [5.74, 6) is 1.14. The fraction of sp³-hybridized carbons (Fsp3) is 0.174. The van der Waals surface area contributed by atoms with E-state index in [2.05, 4.69) is 36.5 Å². The molecule has 1 aliphatic heterocycles. The van der Waals surface area contributed by atoms with Crippen LogP contribution < -0.4 is 14.8 Å². The number of nitrogens with one attached hydrogen (secondary N) is 1. The molecule has 0 saturated carbocycles. The van der Waals surface area contributed by atoms with E-state index >= 15 is 0 Å². The summed E-state index contributed by atoms with van der Waals surface area (Å²) in [6.07, 6.45) is 0. The second kappa shape index (κ2) is 7.54. The van der Waals surface area contributed by atoms with E-state index in [1.54, 1.807) is 18.2 Å². The molecule has 0 spiro atoms. The Hall–Kier alpha value is -3.27. The predicted octanol–water partition coefficient (Wildman–Crippen LogP) is 4.29. The van der Waals surface area contributed by atoms with Crippen LogP contribution in [0.5, 0.6) is 11.5 Å². The van der Waals surface area contributed by atoms with Crippen LogP contribution in [0.1, 0.15) is 33.1 Å². The zero-order chi connectivity index (χ0) is 18.6. The number of ether oxygens (including phenoxy) is 2. The van der Waals surface area contributed by atoms with Gasteiger partial charge in [0.15, 0.2) is 11.5 Å². The molecule has 1 atom stereocenters. The van der Waals surface area contributed by atoms with E-state index in [1.165, 1.54) is 5.56 Å². The quantitative estimate of drug-likeness (QED) is 0.756. The summed E-state index contributed by atoms with van der Waals surface area (Å²) in [5, 5.41) is 3.16. The molecule has 0 radical (unpaired) electrons.